The first-order chi connectivity index (χ1) is 7.65. The molecule has 0 aromatic carbocycles. The SMILES string of the molecule is C=CC(=O)NCC1CCC(CC(O)CC)C1. The van der Waals surface area contributed by atoms with Gasteiger partial charge in [-0.05, 0) is 43.6 Å². The largest absolute Gasteiger partial charge is 0.393 e. The van der Waals surface area contributed by atoms with Crippen LogP contribution in [0.1, 0.15) is 39.0 Å². The van der Waals surface area contributed by atoms with E-state index in [4.69, 9.17) is 0 Å². The van der Waals surface area contributed by atoms with Crippen LogP contribution in [0.15, 0.2) is 12.7 Å². The minimum atomic E-state index is -0.147. The predicted molar refractivity (Wildman–Crippen MR) is 65.0 cm³/mol. The zero-order chi connectivity index (χ0) is 12.0. The molecule has 2 N–H and O–H groups in total. The second kappa shape index (κ2) is 6.69. The zero-order valence-corrected chi connectivity index (χ0v) is 10.1. The molecule has 92 valence electrons. The maximum atomic E-state index is 11.0. The number of carbonyl (C=O) groups is 1. The van der Waals surface area contributed by atoms with Crippen LogP contribution in [0.5, 0.6) is 0 Å². The first-order valence-corrected chi connectivity index (χ1v) is 6.24. The van der Waals surface area contributed by atoms with E-state index in [9.17, 15) is 9.90 Å². The Hall–Kier alpha value is -0.830. The van der Waals surface area contributed by atoms with Crippen LogP contribution in [0.3, 0.4) is 0 Å². The second-order valence-corrected chi connectivity index (χ2v) is 4.79. The minimum Gasteiger partial charge on any atom is -0.393 e. The van der Waals surface area contributed by atoms with Gasteiger partial charge in [-0.25, -0.2) is 0 Å². The Balaban J connectivity index is 2.19. The summed E-state index contributed by atoms with van der Waals surface area (Å²) < 4.78 is 0. The maximum Gasteiger partial charge on any atom is 0.243 e. The molecule has 0 heterocycles. The molecule has 3 atom stereocenters. The molecule has 0 bridgehead atoms. The smallest absolute Gasteiger partial charge is 0.243 e. The van der Waals surface area contributed by atoms with E-state index in [1.165, 1.54) is 18.9 Å². The number of rotatable bonds is 6. The molecule has 1 aliphatic rings. The quantitative estimate of drug-likeness (QED) is 0.678. The third-order valence-corrected chi connectivity index (χ3v) is 3.48. The molecule has 1 fully saturated rings. The van der Waals surface area contributed by atoms with Crippen molar-refractivity contribution in [1.29, 1.82) is 0 Å². The lowest BCUT2D eigenvalue weighted by Crippen LogP contribution is -2.26. The molecule has 1 amide bonds. The Morgan fingerprint density at radius 3 is 2.88 bits per heavy atom. The van der Waals surface area contributed by atoms with Gasteiger partial charge in [0.25, 0.3) is 0 Å². The highest BCUT2D eigenvalue weighted by atomic mass is 16.3. The molecule has 1 saturated carbocycles. The molecular weight excluding hydrogens is 202 g/mol. The predicted octanol–water partition coefficient (Wildman–Crippen LogP) is 1.87. The molecule has 1 aliphatic carbocycles. The fraction of sp³-hybridized carbons (Fsp3) is 0.769. The van der Waals surface area contributed by atoms with Crippen molar-refractivity contribution in [2.75, 3.05) is 6.54 Å². The van der Waals surface area contributed by atoms with Crippen molar-refractivity contribution in [2.24, 2.45) is 11.8 Å². The summed E-state index contributed by atoms with van der Waals surface area (Å²) in [5.41, 5.74) is 0. The number of hydrogen-bond acceptors (Lipinski definition) is 2. The summed E-state index contributed by atoms with van der Waals surface area (Å²) in [5.74, 6) is 1.13. The highest BCUT2D eigenvalue weighted by Crippen LogP contribution is 2.33. The van der Waals surface area contributed by atoms with Gasteiger partial charge in [-0.1, -0.05) is 19.9 Å². The lowest BCUT2D eigenvalue weighted by molar-refractivity contribution is -0.116. The fourth-order valence-corrected chi connectivity index (χ4v) is 2.45. The number of carbonyl (C=O) groups excluding carboxylic acids is 1. The van der Waals surface area contributed by atoms with Gasteiger partial charge in [-0.3, -0.25) is 4.79 Å². The summed E-state index contributed by atoms with van der Waals surface area (Å²) in [5, 5.41) is 12.4. The van der Waals surface area contributed by atoms with E-state index in [1.807, 2.05) is 6.92 Å². The average Bonchev–Trinajstić information content (AvgIpc) is 2.73. The van der Waals surface area contributed by atoms with E-state index in [0.717, 1.165) is 25.8 Å². The van der Waals surface area contributed by atoms with Crippen molar-refractivity contribution >= 4 is 5.91 Å². The molecule has 3 unspecified atom stereocenters. The van der Waals surface area contributed by atoms with Crippen molar-refractivity contribution in [1.82, 2.24) is 5.32 Å². The molecule has 16 heavy (non-hydrogen) atoms. The molecule has 0 spiro atoms. The number of nitrogens with one attached hydrogen (secondary N) is 1. The van der Waals surface area contributed by atoms with Crippen LogP contribution in [0.4, 0.5) is 0 Å². The van der Waals surface area contributed by atoms with E-state index in [0.29, 0.717) is 11.8 Å². The first-order valence-electron chi connectivity index (χ1n) is 6.24. The van der Waals surface area contributed by atoms with Crippen LogP contribution in [-0.2, 0) is 4.79 Å². The summed E-state index contributed by atoms with van der Waals surface area (Å²) in [6.45, 7) is 6.19. The van der Waals surface area contributed by atoms with Gasteiger partial charge in [-0.15, -0.1) is 0 Å². The molecular formula is C13H23NO2. The molecule has 3 nitrogen and oxygen atoms in total. The first kappa shape index (κ1) is 13.2. The van der Waals surface area contributed by atoms with E-state index in [1.54, 1.807) is 0 Å². The van der Waals surface area contributed by atoms with Gasteiger partial charge in [0.1, 0.15) is 0 Å². The summed E-state index contributed by atoms with van der Waals surface area (Å²) in [6, 6.07) is 0. The zero-order valence-electron chi connectivity index (χ0n) is 10.1. The lowest BCUT2D eigenvalue weighted by Gasteiger charge is -2.14. The fourth-order valence-electron chi connectivity index (χ4n) is 2.45. The summed E-state index contributed by atoms with van der Waals surface area (Å²) in [6.07, 6.45) is 6.41. The summed E-state index contributed by atoms with van der Waals surface area (Å²) in [7, 11) is 0. The molecule has 0 aliphatic heterocycles. The number of aliphatic hydroxyl groups excluding tert-OH is 1. The normalized spacial score (nSPS) is 26.4. The molecule has 3 heteroatoms. The molecule has 1 rings (SSSR count). The Morgan fingerprint density at radius 1 is 1.56 bits per heavy atom. The molecule has 0 saturated heterocycles. The Kier molecular flexibility index (Phi) is 5.53. The third kappa shape index (κ3) is 4.35. The van der Waals surface area contributed by atoms with Crippen molar-refractivity contribution in [3.8, 4) is 0 Å². The van der Waals surface area contributed by atoms with Crippen LogP contribution < -0.4 is 5.32 Å². The third-order valence-electron chi connectivity index (χ3n) is 3.48. The highest BCUT2D eigenvalue weighted by Gasteiger charge is 2.25. The van der Waals surface area contributed by atoms with Gasteiger partial charge in [0, 0.05) is 6.54 Å². The van der Waals surface area contributed by atoms with E-state index in [-0.39, 0.29) is 12.0 Å². The van der Waals surface area contributed by atoms with Crippen LogP contribution in [0, 0.1) is 11.8 Å². The van der Waals surface area contributed by atoms with Crippen LogP contribution in [-0.4, -0.2) is 23.7 Å². The lowest BCUT2D eigenvalue weighted by atomic mass is 9.97. The van der Waals surface area contributed by atoms with Crippen molar-refractivity contribution in [3.63, 3.8) is 0 Å². The minimum absolute atomic E-state index is 0.0861. The molecule has 0 aromatic heterocycles. The average molecular weight is 225 g/mol. The summed E-state index contributed by atoms with van der Waals surface area (Å²) in [4.78, 5) is 11.0. The Bertz CT molecular complexity index is 240. The van der Waals surface area contributed by atoms with Crippen molar-refractivity contribution < 1.29 is 9.90 Å². The van der Waals surface area contributed by atoms with E-state index >= 15 is 0 Å². The van der Waals surface area contributed by atoms with Crippen LogP contribution in [0.25, 0.3) is 0 Å². The number of hydrogen-bond donors (Lipinski definition) is 2. The van der Waals surface area contributed by atoms with Crippen LogP contribution >= 0.6 is 0 Å². The van der Waals surface area contributed by atoms with Crippen molar-refractivity contribution in [3.05, 3.63) is 12.7 Å². The standard InChI is InChI=1S/C13H23NO2/c1-3-12(15)8-10-5-6-11(7-10)9-14-13(16)4-2/h4,10-12,15H,2-3,5-9H2,1H3,(H,14,16). The van der Waals surface area contributed by atoms with Crippen LogP contribution in [0.2, 0.25) is 0 Å². The van der Waals surface area contributed by atoms with Gasteiger partial charge in [-0.2, -0.15) is 0 Å². The Morgan fingerprint density at radius 2 is 2.25 bits per heavy atom. The van der Waals surface area contributed by atoms with E-state index in [2.05, 4.69) is 11.9 Å². The van der Waals surface area contributed by atoms with Crippen molar-refractivity contribution in [2.45, 2.75) is 45.1 Å². The monoisotopic (exact) mass is 225 g/mol. The summed E-state index contributed by atoms with van der Waals surface area (Å²) >= 11 is 0. The topological polar surface area (TPSA) is 49.3 Å². The Labute approximate surface area is 97.9 Å². The molecule has 0 radical (unpaired) electrons. The molecule has 0 aromatic rings. The van der Waals surface area contributed by atoms with Gasteiger partial charge in [0.05, 0.1) is 6.10 Å². The van der Waals surface area contributed by atoms with Gasteiger partial charge < -0.3 is 10.4 Å². The second-order valence-electron chi connectivity index (χ2n) is 4.79. The van der Waals surface area contributed by atoms with Gasteiger partial charge >= 0.3 is 0 Å². The number of aliphatic hydroxyl groups is 1. The maximum absolute atomic E-state index is 11.0. The van der Waals surface area contributed by atoms with E-state index < -0.39 is 0 Å². The number of amides is 1. The highest BCUT2D eigenvalue weighted by molar-refractivity contribution is 5.86. The van der Waals surface area contributed by atoms with Gasteiger partial charge in [0.15, 0.2) is 0 Å². The van der Waals surface area contributed by atoms with Gasteiger partial charge in [0.2, 0.25) is 5.91 Å².